The van der Waals surface area contributed by atoms with Crippen molar-refractivity contribution < 1.29 is 0 Å². The molecule has 1 aromatic heterocycles. The number of nitrogens with one attached hydrogen (secondary N) is 1. The zero-order valence-corrected chi connectivity index (χ0v) is 14.5. The summed E-state index contributed by atoms with van der Waals surface area (Å²) in [5.41, 5.74) is 1.44. The standard InChI is InChI=1S/C17H22BrNS/c1-13(2)19-11-15(14-6-4-3-5-7-14)8-9-17-10-16(18)12-20-17/h3-7,10,12-13,15,19H,8-9,11H2,1-2H3. The van der Waals surface area contributed by atoms with Gasteiger partial charge in [0.1, 0.15) is 0 Å². The molecule has 3 heteroatoms. The molecule has 1 N–H and O–H groups in total. The van der Waals surface area contributed by atoms with Crippen LogP contribution in [0.3, 0.4) is 0 Å². The lowest BCUT2D eigenvalue weighted by atomic mass is 9.93. The van der Waals surface area contributed by atoms with Crippen molar-refractivity contribution in [1.29, 1.82) is 0 Å². The molecule has 0 aliphatic heterocycles. The molecule has 108 valence electrons. The molecule has 0 aliphatic rings. The Bertz CT molecular complexity index is 507. The highest BCUT2D eigenvalue weighted by molar-refractivity contribution is 9.10. The SMILES string of the molecule is CC(C)NCC(CCc1cc(Br)cs1)c1ccccc1. The normalized spacial score (nSPS) is 12.8. The molecule has 1 unspecified atom stereocenters. The monoisotopic (exact) mass is 351 g/mol. The highest BCUT2D eigenvalue weighted by Gasteiger charge is 2.12. The van der Waals surface area contributed by atoms with Crippen molar-refractivity contribution in [1.82, 2.24) is 5.32 Å². The minimum absolute atomic E-state index is 0.539. The van der Waals surface area contributed by atoms with E-state index >= 15 is 0 Å². The molecule has 2 rings (SSSR count). The van der Waals surface area contributed by atoms with Crippen molar-refractivity contribution in [3.63, 3.8) is 0 Å². The smallest absolute Gasteiger partial charge is 0.0285 e. The van der Waals surface area contributed by atoms with Gasteiger partial charge in [0.25, 0.3) is 0 Å². The van der Waals surface area contributed by atoms with Crippen molar-refractivity contribution in [2.24, 2.45) is 0 Å². The number of benzene rings is 1. The maximum absolute atomic E-state index is 3.58. The summed E-state index contributed by atoms with van der Waals surface area (Å²) in [5.74, 6) is 0.583. The highest BCUT2D eigenvalue weighted by atomic mass is 79.9. The van der Waals surface area contributed by atoms with Gasteiger partial charge < -0.3 is 5.32 Å². The Kier molecular flexibility index (Phi) is 6.27. The van der Waals surface area contributed by atoms with Gasteiger partial charge >= 0.3 is 0 Å². The second-order valence-electron chi connectivity index (χ2n) is 5.44. The summed E-state index contributed by atoms with van der Waals surface area (Å²) in [4.78, 5) is 1.46. The minimum atomic E-state index is 0.539. The molecule has 0 bridgehead atoms. The maximum atomic E-state index is 3.58. The second kappa shape index (κ2) is 7.96. The third-order valence-electron chi connectivity index (χ3n) is 3.40. The fourth-order valence-electron chi connectivity index (χ4n) is 2.29. The van der Waals surface area contributed by atoms with Gasteiger partial charge in [-0.3, -0.25) is 0 Å². The largest absolute Gasteiger partial charge is 0.314 e. The average Bonchev–Trinajstić information content (AvgIpc) is 2.85. The molecule has 0 saturated heterocycles. The molecule has 2 aromatic rings. The summed E-state index contributed by atoms with van der Waals surface area (Å²) < 4.78 is 1.20. The molecule has 1 heterocycles. The molecular formula is C17H22BrNS. The summed E-state index contributed by atoms with van der Waals surface area (Å²) in [6, 6.07) is 13.6. The van der Waals surface area contributed by atoms with E-state index in [1.165, 1.54) is 21.3 Å². The predicted octanol–water partition coefficient (Wildman–Crippen LogP) is 5.23. The van der Waals surface area contributed by atoms with Crippen LogP contribution in [0.2, 0.25) is 0 Å². The molecule has 0 amide bonds. The topological polar surface area (TPSA) is 12.0 Å². The van der Waals surface area contributed by atoms with Crippen LogP contribution in [0.5, 0.6) is 0 Å². The molecule has 0 radical (unpaired) electrons. The van der Waals surface area contributed by atoms with Crippen LogP contribution in [0.1, 0.15) is 36.6 Å². The summed E-state index contributed by atoms with van der Waals surface area (Å²) in [6.45, 7) is 5.46. The van der Waals surface area contributed by atoms with Crippen molar-refractivity contribution in [2.75, 3.05) is 6.54 Å². The van der Waals surface area contributed by atoms with Crippen LogP contribution in [0, 0.1) is 0 Å². The van der Waals surface area contributed by atoms with E-state index in [-0.39, 0.29) is 0 Å². The average molecular weight is 352 g/mol. The van der Waals surface area contributed by atoms with Crippen molar-refractivity contribution in [3.8, 4) is 0 Å². The van der Waals surface area contributed by atoms with Gasteiger partial charge in [0.05, 0.1) is 0 Å². The van der Waals surface area contributed by atoms with E-state index in [0.717, 1.165) is 13.0 Å². The van der Waals surface area contributed by atoms with Crippen molar-refractivity contribution in [3.05, 3.63) is 56.7 Å². The first-order valence-electron chi connectivity index (χ1n) is 7.16. The van der Waals surface area contributed by atoms with Gasteiger partial charge in [0.15, 0.2) is 0 Å². The van der Waals surface area contributed by atoms with Crippen LogP contribution in [0.25, 0.3) is 0 Å². The lowest BCUT2D eigenvalue weighted by Crippen LogP contribution is -2.28. The number of aryl methyl sites for hydroxylation is 1. The molecule has 1 nitrogen and oxygen atoms in total. The number of rotatable bonds is 7. The van der Waals surface area contributed by atoms with E-state index < -0.39 is 0 Å². The Hall–Kier alpha value is -0.640. The van der Waals surface area contributed by atoms with Gasteiger partial charge in [0.2, 0.25) is 0 Å². The summed E-state index contributed by atoms with van der Waals surface area (Å²) in [7, 11) is 0. The summed E-state index contributed by atoms with van der Waals surface area (Å²) in [5, 5.41) is 5.75. The number of halogens is 1. The lowest BCUT2D eigenvalue weighted by molar-refractivity contribution is 0.509. The Labute approximate surface area is 134 Å². The fourth-order valence-corrected chi connectivity index (χ4v) is 3.76. The van der Waals surface area contributed by atoms with E-state index in [9.17, 15) is 0 Å². The molecule has 0 aliphatic carbocycles. The van der Waals surface area contributed by atoms with E-state index in [0.29, 0.717) is 12.0 Å². The zero-order chi connectivity index (χ0) is 14.4. The van der Waals surface area contributed by atoms with Gasteiger partial charge in [0, 0.05) is 27.3 Å². The van der Waals surface area contributed by atoms with E-state index in [4.69, 9.17) is 0 Å². The third-order valence-corrected chi connectivity index (χ3v) is 5.16. The first-order valence-corrected chi connectivity index (χ1v) is 8.83. The van der Waals surface area contributed by atoms with Crippen molar-refractivity contribution >= 4 is 27.3 Å². The van der Waals surface area contributed by atoms with Crippen LogP contribution in [-0.2, 0) is 6.42 Å². The third kappa shape index (κ3) is 5.04. The predicted molar refractivity (Wildman–Crippen MR) is 92.7 cm³/mol. The van der Waals surface area contributed by atoms with Crippen LogP contribution in [0.15, 0.2) is 46.3 Å². The molecular weight excluding hydrogens is 330 g/mol. The number of thiophene rings is 1. The van der Waals surface area contributed by atoms with Crippen LogP contribution < -0.4 is 5.32 Å². The molecule has 0 saturated carbocycles. The van der Waals surface area contributed by atoms with Crippen LogP contribution >= 0.6 is 27.3 Å². The van der Waals surface area contributed by atoms with Crippen LogP contribution in [-0.4, -0.2) is 12.6 Å². The van der Waals surface area contributed by atoms with E-state index in [2.05, 4.69) is 76.9 Å². The Morgan fingerprint density at radius 2 is 1.95 bits per heavy atom. The Morgan fingerprint density at radius 3 is 2.55 bits per heavy atom. The first-order chi connectivity index (χ1) is 9.65. The molecule has 1 aromatic carbocycles. The van der Waals surface area contributed by atoms with Gasteiger partial charge in [-0.05, 0) is 46.3 Å². The molecule has 20 heavy (non-hydrogen) atoms. The summed E-state index contributed by atoms with van der Waals surface area (Å²) >= 11 is 5.38. The van der Waals surface area contributed by atoms with Gasteiger partial charge in [-0.1, -0.05) is 44.2 Å². The second-order valence-corrected chi connectivity index (χ2v) is 7.35. The molecule has 0 spiro atoms. The van der Waals surface area contributed by atoms with E-state index in [1.54, 1.807) is 0 Å². The van der Waals surface area contributed by atoms with Gasteiger partial charge in [-0.2, -0.15) is 0 Å². The fraction of sp³-hybridized carbons (Fsp3) is 0.412. The van der Waals surface area contributed by atoms with Gasteiger partial charge in [-0.25, -0.2) is 0 Å². The minimum Gasteiger partial charge on any atom is -0.314 e. The van der Waals surface area contributed by atoms with Gasteiger partial charge in [-0.15, -0.1) is 11.3 Å². The number of hydrogen-bond acceptors (Lipinski definition) is 2. The lowest BCUT2D eigenvalue weighted by Gasteiger charge is -2.19. The quantitative estimate of drug-likeness (QED) is 0.720. The number of hydrogen-bond donors (Lipinski definition) is 1. The van der Waals surface area contributed by atoms with E-state index in [1.807, 2.05) is 11.3 Å². The summed E-state index contributed by atoms with van der Waals surface area (Å²) in [6.07, 6.45) is 2.34. The molecule has 1 atom stereocenters. The first kappa shape index (κ1) is 15.7. The maximum Gasteiger partial charge on any atom is 0.0285 e. The Balaban J connectivity index is 1.98. The Morgan fingerprint density at radius 1 is 1.20 bits per heavy atom. The van der Waals surface area contributed by atoms with Crippen molar-refractivity contribution in [2.45, 2.75) is 38.6 Å². The zero-order valence-electron chi connectivity index (χ0n) is 12.1. The highest BCUT2D eigenvalue weighted by Crippen LogP contribution is 2.25. The molecule has 0 fully saturated rings. The van der Waals surface area contributed by atoms with Crippen LogP contribution in [0.4, 0.5) is 0 Å².